The molecule has 2 aliphatic rings. The molecule has 0 radical (unpaired) electrons. The van der Waals surface area contributed by atoms with Crippen molar-refractivity contribution in [1.29, 1.82) is 0 Å². The number of anilines is 1. The van der Waals surface area contributed by atoms with Gasteiger partial charge in [0, 0.05) is 32.6 Å². The number of rotatable bonds is 5. The summed E-state index contributed by atoms with van der Waals surface area (Å²) in [5.41, 5.74) is 3.66. The Bertz CT molecular complexity index is 1290. The van der Waals surface area contributed by atoms with Crippen molar-refractivity contribution in [3.8, 4) is 11.6 Å². The Hall–Kier alpha value is -2.97. The first kappa shape index (κ1) is 22.8. The molecule has 5 rings (SSSR count). The molecule has 3 aromatic rings. The molecule has 8 heteroatoms. The van der Waals surface area contributed by atoms with E-state index >= 15 is 0 Å². The maximum absolute atomic E-state index is 13.4. The quantitative estimate of drug-likeness (QED) is 0.533. The predicted molar refractivity (Wildman–Crippen MR) is 132 cm³/mol. The summed E-state index contributed by atoms with van der Waals surface area (Å²) < 4.78 is 34.6. The SMILES string of the molecule is Cc1ccc(Oc2nc(N3CCCCC3)nc3c2CN(S(=O)(=O)c2cccc(C)c2)CC3)cc1. The molecule has 1 fully saturated rings. The Balaban J connectivity index is 1.52. The number of aryl methyl sites for hydroxylation is 2. The molecule has 0 saturated carbocycles. The van der Waals surface area contributed by atoms with Gasteiger partial charge in [0.15, 0.2) is 0 Å². The first-order chi connectivity index (χ1) is 16.4. The second-order valence-corrected chi connectivity index (χ2v) is 11.1. The number of hydrogen-bond donors (Lipinski definition) is 0. The third-order valence-corrected chi connectivity index (χ3v) is 8.32. The van der Waals surface area contributed by atoms with Crippen molar-refractivity contribution in [3.63, 3.8) is 0 Å². The molecule has 0 spiro atoms. The summed E-state index contributed by atoms with van der Waals surface area (Å²) >= 11 is 0. The van der Waals surface area contributed by atoms with Crippen molar-refractivity contribution in [3.05, 3.63) is 70.9 Å². The molecule has 34 heavy (non-hydrogen) atoms. The van der Waals surface area contributed by atoms with E-state index in [2.05, 4.69) is 4.90 Å². The van der Waals surface area contributed by atoms with Gasteiger partial charge in [-0.1, -0.05) is 29.8 Å². The van der Waals surface area contributed by atoms with Gasteiger partial charge in [-0.15, -0.1) is 0 Å². The summed E-state index contributed by atoms with van der Waals surface area (Å²) in [6.45, 7) is 6.34. The van der Waals surface area contributed by atoms with Crippen LogP contribution in [0.15, 0.2) is 53.4 Å². The van der Waals surface area contributed by atoms with E-state index in [1.165, 1.54) is 10.7 Å². The number of sulfonamides is 1. The minimum absolute atomic E-state index is 0.188. The first-order valence-corrected chi connectivity index (χ1v) is 13.3. The molecular weight excluding hydrogens is 448 g/mol. The van der Waals surface area contributed by atoms with Gasteiger partial charge in [0.2, 0.25) is 21.9 Å². The summed E-state index contributed by atoms with van der Waals surface area (Å²) in [6, 6.07) is 14.8. The van der Waals surface area contributed by atoms with E-state index in [0.29, 0.717) is 35.4 Å². The molecule has 1 saturated heterocycles. The van der Waals surface area contributed by atoms with E-state index in [0.717, 1.165) is 48.3 Å². The Morgan fingerprint density at radius 3 is 2.38 bits per heavy atom. The highest BCUT2D eigenvalue weighted by Gasteiger charge is 2.32. The predicted octanol–water partition coefficient (Wildman–Crippen LogP) is 4.62. The van der Waals surface area contributed by atoms with Gasteiger partial charge in [-0.2, -0.15) is 9.29 Å². The van der Waals surface area contributed by atoms with Gasteiger partial charge in [-0.05, 0) is 62.9 Å². The number of fused-ring (bicyclic) bond motifs is 1. The zero-order chi connectivity index (χ0) is 23.7. The molecule has 0 amide bonds. The van der Waals surface area contributed by atoms with Crippen LogP contribution in [0.4, 0.5) is 5.95 Å². The van der Waals surface area contributed by atoms with Gasteiger partial charge in [-0.25, -0.2) is 13.4 Å². The molecule has 0 N–H and O–H groups in total. The van der Waals surface area contributed by atoms with Gasteiger partial charge in [0.05, 0.1) is 16.2 Å². The van der Waals surface area contributed by atoms with Crippen LogP contribution >= 0.6 is 0 Å². The lowest BCUT2D eigenvalue weighted by Gasteiger charge is -2.31. The van der Waals surface area contributed by atoms with Crippen LogP contribution in [-0.4, -0.2) is 42.3 Å². The zero-order valence-electron chi connectivity index (χ0n) is 19.7. The molecule has 2 aromatic carbocycles. The standard InChI is InChI=1S/C26H30N4O3S/c1-19-9-11-21(12-10-19)33-25-23-18-30(34(31,32)22-8-6-7-20(2)17-22)16-13-24(23)27-26(28-25)29-14-4-3-5-15-29/h6-12,17H,3-5,13-16,18H2,1-2H3. The smallest absolute Gasteiger partial charge is 0.243 e. The first-order valence-electron chi connectivity index (χ1n) is 11.9. The van der Waals surface area contributed by atoms with Gasteiger partial charge < -0.3 is 9.64 Å². The topological polar surface area (TPSA) is 75.6 Å². The maximum Gasteiger partial charge on any atom is 0.243 e. The molecule has 0 bridgehead atoms. The fraction of sp³-hybridized carbons (Fsp3) is 0.385. The highest BCUT2D eigenvalue weighted by atomic mass is 32.2. The van der Waals surface area contributed by atoms with Gasteiger partial charge in [-0.3, -0.25) is 0 Å². The highest BCUT2D eigenvalue weighted by Crippen LogP contribution is 2.34. The van der Waals surface area contributed by atoms with Gasteiger partial charge in [0.25, 0.3) is 0 Å². The zero-order valence-corrected chi connectivity index (χ0v) is 20.5. The van der Waals surface area contributed by atoms with Crippen molar-refractivity contribution in [2.24, 2.45) is 0 Å². The van der Waals surface area contributed by atoms with Crippen LogP contribution in [0.3, 0.4) is 0 Å². The molecule has 0 aliphatic carbocycles. The average Bonchev–Trinajstić information content (AvgIpc) is 2.85. The molecule has 3 heterocycles. The third kappa shape index (κ3) is 4.65. The van der Waals surface area contributed by atoms with E-state index < -0.39 is 10.0 Å². The lowest BCUT2D eigenvalue weighted by atomic mass is 10.1. The largest absolute Gasteiger partial charge is 0.439 e. The van der Waals surface area contributed by atoms with E-state index in [-0.39, 0.29) is 6.54 Å². The Kier molecular flexibility index (Phi) is 6.27. The Morgan fingerprint density at radius 1 is 0.882 bits per heavy atom. The van der Waals surface area contributed by atoms with Crippen molar-refractivity contribution < 1.29 is 13.2 Å². The number of piperidine rings is 1. The minimum atomic E-state index is -3.64. The van der Waals surface area contributed by atoms with E-state index in [9.17, 15) is 8.42 Å². The normalized spacial score (nSPS) is 16.8. The fourth-order valence-corrected chi connectivity index (χ4v) is 6.03. The number of benzene rings is 2. The summed E-state index contributed by atoms with van der Waals surface area (Å²) in [6.07, 6.45) is 3.99. The van der Waals surface area contributed by atoms with Crippen molar-refractivity contribution in [2.45, 2.75) is 51.0 Å². The number of aromatic nitrogens is 2. The second-order valence-electron chi connectivity index (χ2n) is 9.12. The molecule has 178 valence electrons. The lowest BCUT2D eigenvalue weighted by Crippen LogP contribution is -2.37. The number of hydrogen-bond acceptors (Lipinski definition) is 6. The fourth-order valence-electron chi connectivity index (χ4n) is 4.51. The third-order valence-electron chi connectivity index (χ3n) is 6.48. The van der Waals surface area contributed by atoms with Crippen LogP contribution in [0.1, 0.15) is 41.6 Å². The average molecular weight is 479 g/mol. The molecule has 2 aliphatic heterocycles. The van der Waals surface area contributed by atoms with E-state index in [1.807, 2.05) is 44.2 Å². The molecule has 0 atom stereocenters. The van der Waals surface area contributed by atoms with Crippen LogP contribution in [0.5, 0.6) is 11.6 Å². The van der Waals surface area contributed by atoms with Crippen LogP contribution < -0.4 is 9.64 Å². The number of nitrogens with zero attached hydrogens (tertiary/aromatic N) is 4. The van der Waals surface area contributed by atoms with E-state index in [1.54, 1.807) is 18.2 Å². The minimum Gasteiger partial charge on any atom is -0.439 e. The Labute approximate surface area is 201 Å². The summed E-state index contributed by atoms with van der Waals surface area (Å²) in [5, 5.41) is 0. The maximum atomic E-state index is 13.4. The number of ether oxygens (including phenoxy) is 1. The summed E-state index contributed by atoms with van der Waals surface area (Å²) in [4.78, 5) is 12.2. The Morgan fingerprint density at radius 2 is 1.65 bits per heavy atom. The van der Waals surface area contributed by atoms with Crippen LogP contribution in [0.25, 0.3) is 0 Å². The highest BCUT2D eigenvalue weighted by molar-refractivity contribution is 7.89. The summed E-state index contributed by atoms with van der Waals surface area (Å²) in [5.74, 6) is 1.80. The molecule has 7 nitrogen and oxygen atoms in total. The van der Waals surface area contributed by atoms with Crippen LogP contribution in [0.2, 0.25) is 0 Å². The van der Waals surface area contributed by atoms with Crippen molar-refractivity contribution >= 4 is 16.0 Å². The van der Waals surface area contributed by atoms with Crippen molar-refractivity contribution in [2.75, 3.05) is 24.5 Å². The van der Waals surface area contributed by atoms with Gasteiger partial charge in [0.1, 0.15) is 5.75 Å². The van der Waals surface area contributed by atoms with Gasteiger partial charge >= 0.3 is 0 Å². The molecular formula is C26H30N4O3S. The van der Waals surface area contributed by atoms with Crippen molar-refractivity contribution in [1.82, 2.24) is 14.3 Å². The van der Waals surface area contributed by atoms with Crippen LogP contribution in [-0.2, 0) is 23.0 Å². The van der Waals surface area contributed by atoms with Crippen LogP contribution in [0, 0.1) is 13.8 Å². The van der Waals surface area contributed by atoms with E-state index in [4.69, 9.17) is 14.7 Å². The second kappa shape index (κ2) is 9.35. The molecule has 0 unspecified atom stereocenters. The monoisotopic (exact) mass is 478 g/mol. The lowest BCUT2D eigenvalue weighted by molar-refractivity contribution is 0.369. The molecule has 1 aromatic heterocycles. The summed E-state index contributed by atoms with van der Waals surface area (Å²) in [7, 11) is -3.64.